The van der Waals surface area contributed by atoms with Gasteiger partial charge in [-0.25, -0.2) is 0 Å². The smallest absolute Gasteiger partial charge is 0.200 e. The van der Waals surface area contributed by atoms with Crippen molar-refractivity contribution >= 4 is 6.21 Å². The summed E-state index contributed by atoms with van der Waals surface area (Å²) in [5.41, 5.74) is 0.839. The van der Waals surface area contributed by atoms with Crippen LogP contribution in [0.3, 0.4) is 0 Å². The lowest BCUT2D eigenvalue weighted by molar-refractivity contribution is 0.109. The molecule has 116 valence electrons. The number of hydrogen-bond donors (Lipinski definition) is 1. The van der Waals surface area contributed by atoms with Gasteiger partial charge in [-0.3, -0.25) is 5.01 Å². The van der Waals surface area contributed by atoms with E-state index in [4.69, 9.17) is 9.47 Å². The lowest BCUT2D eigenvalue weighted by Gasteiger charge is -2.36. The fraction of sp³-hybridized carbons (Fsp3) is 0.562. The zero-order chi connectivity index (χ0) is 15.4. The van der Waals surface area contributed by atoms with E-state index in [1.807, 2.05) is 0 Å². The molecular weight excluding hydrogens is 268 g/mol. The first-order valence-electron chi connectivity index (χ1n) is 7.34. The van der Waals surface area contributed by atoms with Crippen LogP contribution in [0, 0.1) is 0 Å². The highest BCUT2D eigenvalue weighted by Gasteiger charge is 2.22. The largest absolute Gasteiger partial charge is 0.502 e. The first-order valence-corrected chi connectivity index (χ1v) is 7.34. The summed E-state index contributed by atoms with van der Waals surface area (Å²) in [5.74, 6) is 0.781. The molecule has 0 amide bonds. The SMILES string of the molecule is COc1cc(C=NN2C(C)CCCC2C)cc(OC)c1O. The number of phenols is 1. The van der Waals surface area contributed by atoms with Crippen LogP contribution in [0.4, 0.5) is 0 Å². The van der Waals surface area contributed by atoms with Crippen molar-refractivity contribution in [1.82, 2.24) is 5.01 Å². The van der Waals surface area contributed by atoms with Crippen molar-refractivity contribution in [3.63, 3.8) is 0 Å². The number of piperidine rings is 1. The topological polar surface area (TPSA) is 54.3 Å². The van der Waals surface area contributed by atoms with Gasteiger partial charge in [0.2, 0.25) is 5.75 Å². The molecule has 1 aliphatic heterocycles. The monoisotopic (exact) mass is 292 g/mol. The van der Waals surface area contributed by atoms with Crippen molar-refractivity contribution in [3.05, 3.63) is 17.7 Å². The lowest BCUT2D eigenvalue weighted by Crippen LogP contribution is -2.39. The van der Waals surface area contributed by atoms with Gasteiger partial charge in [-0.05, 0) is 45.2 Å². The molecule has 0 spiro atoms. The van der Waals surface area contributed by atoms with E-state index in [1.165, 1.54) is 33.5 Å². The summed E-state index contributed by atoms with van der Waals surface area (Å²) in [4.78, 5) is 0. The Morgan fingerprint density at radius 2 is 1.67 bits per heavy atom. The summed E-state index contributed by atoms with van der Waals surface area (Å²) < 4.78 is 10.3. The molecule has 1 aromatic rings. The third-order valence-corrected chi connectivity index (χ3v) is 3.99. The highest BCUT2D eigenvalue weighted by atomic mass is 16.5. The fourth-order valence-corrected chi connectivity index (χ4v) is 2.76. The first kappa shape index (κ1) is 15.5. The summed E-state index contributed by atoms with van der Waals surface area (Å²) in [6, 6.07) is 4.40. The van der Waals surface area contributed by atoms with Gasteiger partial charge in [0.1, 0.15) is 0 Å². The quantitative estimate of drug-likeness (QED) is 0.867. The average Bonchev–Trinajstić information content (AvgIpc) is 2.48. The third kappa shape index (κ3) is 3.40. The number of aromatic hydroxyl groups is 1. The molecule has 21 heavy (non-hydrogen) atoms. The van der Waals surface area contributed by atoms with E-state index in [1.54, 1.807) is 18.3 Å². The van der Waals surface area contributed by atoms with Crippen molar-refractivity contribution in [1.29, 1.82) is 0 Å². The van der Waals surface area contributed by atoms with Gasteiger partial charge in [-0.2, -0.15) is 5.10 Å². The Bertz CT molecular complexity index is 481. The molecule has 1 heterocycles. The summed E-state index contributed by atoms with van der Waals surface area (Å²) in [6.45, 7) is 4.40. The van der Waals surface area contributed by atoms with E-state index in [0.29, 0.717) is 23.6 Å². The van der Waals surface area contributed by atoms with Gasteiger partial charge in [0, 0.05) is 17.6 Å². The van der Waals surface area contributed by atoms with Gasteiger partial charge in [-0.1, -0.05) is 0 Å². The van der Waals surface area contributed by atoms with Gasteiger partial charge < -0.3 is 14.6 Å². The van der Waals surface area contributed by atoms with Crippen LogP contribution in [-0.2, 0) is 0 Å². The molecule has 1 aromatic carbocycles. The Balaban J connectivity index is 2.24. The first-order chi connectivity index (χ1) is 10.1. The zero-order valence-corrected chi connectivity index (χ0v) is 13.2. The van der Waals surface area contributed by atoms with Crippen molar-refractivity contribution in [2.45, 2.75) is 45.2 Å². The fourth-order valence-electron chi connectivity index (χ4n) is 2.76. The van der Waals surface area contributed by atoms with Crippen molar-refractivity contribution in [2.75, 3.05) is 14.2 Å². The average molecular weight is 292 g/mol. The van der Waals surface area contributed by atoms with E-state index in [-0.39, 0.29) is 5.75 Å². The Morgan fingerprint density at radius 1 is 1.14 bits per heavy atom. The number of nitrogens with zero attached hydrogens (tertiary/aromatic N) is 2. The molecule has 5 heteroatoms. The van der Waals surface area contributed by atoms with Gasteiger partial charge in [-0.15, -0.1) is 0 Å². The number of ether oxygens (including phenoxy) is 2. The lowest BCUT2D eigenvalue weighted by atomic mass is 10.00. The van der Waals surface area contributed by atoms with Crippen molar-refractivity contribution in [3.8, 4) is 17.2 Å². The van der Waals surface area contributed by atoms with Crippen LogP contribution in [0.1, 0.15) is 38.7 Å². The second-order valence-electron chi connectivity index (χ2n) is 5.53. The minimum absolute atomic E-state index is 0.0110. The maximum atomic E-state index is 9.91. The molecule has 1 N–H and O–H groups in total. The molecule has 2 atom stereocenters. The summed E-state index contributed by atoms with van der Waals surface area (Å²) >= 11 is 0. The van der Waals surface area contributed by atoms with E-state index >= 15 is 0 Å². The molecule has 1 aliphatic rings. The molecule has 5 nitrogen and oxygen atoms in total. The Kier molecular flexibility index (Phi) is 4.94. The molecule has 2 rings (SSSR count). The molecule has 0 aliphatic carbocycles. The number of hydrazone groups is 1. The van der Waals surface area contributed by atoms with Crippen LogP contribution in [0.2, 0.25) is 0 Å². The van der Waals surface area contributed by atoms with E-state index in [9.17, 15) is 5.11 Å². The highest BCUT2D eigenvalue weighted by molar-refractivity contribution is 5.82. The minimum Gasteiger partial charge on any atom is -0.502 e. The van der Waals surface area contributed by atoms with Crippen LogP contribution in [0.15, 0.2) is 17.2 Å². The van der Waals surface area contributed by atoms with E-state index < -0.39 is 0 Å². The van der Waals surface area contributed by atoms with Gasteiger partial charge in [0.15, 0.2) is 11.5 Å². The predicted octanol–water partition coefficient (Wildman–Crippen LogP) is 3.01. The number of rotatable bonds is 4. The molecule has 0 saturated carbocycles. The highest BCUT2D eigenvalue weighted by Crippen LogP contribution is 2.36. The second-order valence-corrected chi connectivity index (χ2v) is 5.53. The van der Waals surface area contributed by atoms with E-state index in [2.05, 4.69) is 24.0 Å². The predicted molar refractivity (Wildman–Crippen MR) is 83.4 cm³/mol. The summed E-state index contributed by atoms with van der Waals surface area (Å²) in [7, 11) is 3.04. The van der Waals surface area contributed by atoms with Crippen molar-refractivity contribution in [2.24, 2.45) is 5.10 Å². The van der Waals surface area contributed by atoms with Crippen LogP contribution in [0.5, 0.6) is 17.2 Å². The summed E-state index contributed by atoms with van der Waals surface area (Å²) in [5, 5.41) is 16.7. The third-order valence-electron chi connectivity index (χ3n) is 3.99. The Morgan fingerprint density at radius 3 is 2.14 bits per heavy atom. The standard InChI is InChI=1S/C16H24N2O3/c1-11-6-5-7-12(2)18(11)17-10-13-8-14(20-3)16(19)15(9-13)21-4/h8-12,19H,5-7H2,1-4H3. The normalized spacial score (nSPS) is 22.6. The maximum Gasteiger partial charge on any atom is 0.200 e. The molecule has 0 aromatic heterocycles. The molecular formula is C16H24N2O3. The van der Waals surface area contributed by atoms with Crippen molar-refractivity contribution < 1.29 is 14.6 Å². The second kappa shape index (κ2) is 6.70. The zero-order valence-electron chi connectivity index (χ0n) is 13.2. The number of hydrogen-bond acceptors (Lipinski definition) is 5. The number of methoxy groups -OCH3 is 2. The van der Waals surface area contributed by atoms with E-state index in [0.717, 1.165) is 5.56 Å². The molecule has 0 bridgehead atoms. The molecule has 1 fully saturated rings. The van der Waals surface area contributed by atoms with Crippen LogP contribution < -0.4 is 9.47 Å². The van der Waals surface area contributed by atoms with Gasteiger partial charge >= 0.3 is 0 Å². The Labute approximate surface area is 126 Å². The maximum absolute atomic E-state index is 9.91. The Hall–Kier alpha value is -1.91. The molecule has 0 radical (unpaired) electrons. The molecule has 1 saturated heterocycles. The van der Waals surface area contributed by atoms with Gasteiger partial charge in [0.25, 0.3) is 0 Å². The minimum atomic E-state index is 0.0110. The van der Waals surface area contributed by atoms with Crippen LogP contribution in [-0.4, -0.2) is 42.6 Å². The van der Waals surface area contributed by atoms with Gasteiger partial charge in [0.05, 0.1) is 20.4 Å². The van der Waals surface area contributed by atoms with Crippen LogP contribution in [0.25, 0.3) is 0 Å². The number of phenolic OH excluding ortho intramolecular Hbond substituents is 1. The van der Waals surface area contributed by atoms with Crippen LogP contribution >= 0.6 is 0 Å². The molecule has 2 unspecified atom stereocenters. The number of benzene rings is 1. The summed E-state index contributed by atoms with van der Waals surface area (Å²) in [6.07, 6.45) is 5.39.